The van der Waals surface area contributed by atoms with Crippen LogP contribution in [0.25, 0.3) is 5.69 Å². The van der Waals surface area contributed by atoms with Gasteiger partial charge in [0.05, 0.1) is 24.7 Å². The fourth-order valence-corrected chi connectivity index (χ4v) is 3.50. The lowest BCUT2D eigenvalue weighted by Gasteiger charge is -2.18. The van der Waals surface area contributed by atoms with Crippen molar-refractivity contribution in [2.45, 2.75) is 13.3 Å². The van der Waals surface area contributed by atoms with E-state index in [0.29, 0.717) is 23.5 Å². The van der Waals surface area contributed by atoms with Crippen molar-refractivity contribution in [3.05, 3.63) is 71.0 Å². The molecule has 7 nitrogen and oxygen atoms in total. The van der Waals surface area contributed by atoms with Gasteiger partial charge in [-0.05, 0) is 61.4 Å². The maximum atomic E-state index is 13.0. The maximum Gasteiger partial charge on any atom is 0.339 e. The molecule has 1 aliphatic rings. The number of hydrogen-bond donors (Lipinski definition) is 1. The lowest BCUT2D eigenvalue weighted by molar-refractivity contribution is 0.0696. The minimum atomic E-state index is -1.01. The summed E-state index contributed by atoms with van der Waals surface area (Å²) in [7, 11) is 1.63. The van der Waals surface area contributed by atoms with Gasteiger partial charge in [-0.25, -0.2) is 9.48 Å². The summed E-state index contributed by atoms with van der Waals surface area (Å²) in [6.45, 7) is 2.33. The standard InChI is InChI=1S/C21H19N3O4/c1-13-18(21(26)27)12-22-24(13)16-5-3-14(4-6-16)20(25)23-10-9-15-11-17(28-2)7-8-19(15)23/h3-8,11-12H,9-10H2,1-2H3,(H,26,27). The highest BCUT2D eigenvalue weighted by atomic mass is 16.5. The summed E-state index contributed by atoms with van der Waals surface area (Å²) in [6.07, 6.45) is 2.12. The average molecular weight is 377 g/mol. The molecule has 1 aliphatic heterocycles. The molecule has 0 saturated carbocycles. The van der Waals surface area contributed by atoms with E-state index in [0.717, 1.165) is 23.4 Å². The van der Waals surface area contributed by atoms with Crippen LogP contribution in [-0.2, 0) is 6.42 Å². The van der Waals surface area contributed by atoms with Crippen molar-refractivity contribution >= 4 is 17.6 Å². The molecular weight excluding hydrogens is 358 g/mol. The molecule has 1 amide bonds. The molecule has 0 radical (unpaired) electrons. The van der Waals surface area contributed by atoms with E-state index in [1.807, 2.05) is 18.2 Å². The van der Waals surface area contributed by atoms with Crippen molar-refractivity contribution in [2.75, 3.05) is 18.6 Å². The van der Waals surface area contributed by atoms with Crippen LogP contribution in [0.2, 0.25) is 0 Å². The molecule has 0 bridgehead atoms. The summed E-state index contributed by atoms with van der Waals surface area (Å²) in [5.74, 6) is -0.300. The van der Waals surface area contributed by atoms with Gasteiger partial charge < -0.3 is 14.7 Å². The first kappa shape index (κ1) is 17.8. The smallest absolute Gasteiger partial charge is 0.339 e. The normalized spacial score (nSPS) is 12.7. The number of methoxy groups -OCH3 is 1. The van der Waals surface area contributed by atoms with Crippen molar-refractivity contribution in [1.82, 2.24) is 9.78 Å². The Balaban J connectivity index is 1.59. The second-order valence-corrected chi connectivity index (χ2v) is 6.61. The molecule has 2 aromatic carbocycles. The number of hydrogen-bond acceptors (Lipinski definition) is 4. The maximum absolute atomic E-state index is 13.0. The average Bonchev–Trinajstić information content (AvgIpc) is 3.30. The fraction of sp³-hybridized carbons (Fsp3) is 0.190. The summed E-state index contributed by atoms with van der Waals surface area (Å²) in [6, 6.07) is 12.7. The van der Waals surface area contributed by atoms with Crippen LogP contribution >= 0.6 is 0 Å². The molecule has 28 heavy (non-hydrogen) atoms. The van der Waals surface area contributed by atoms with Gasteiger partial charge in [0.15, 0.2) is 0 Å². The second kappa shape index (κ2) is 6.84. The van der Waals surface area contributed by atoms with E-state index < -0.39 is 5.97 Å². The molecule has 3 aromatic rings. The zero-order valence-corrected chi connectivity index (χ0v) is 15.5. The number of aromatic nitrogens is 2. The van der Waals surface area contributed by atoms with E-state index in [9.17, 15) is 9.59 Å². The Morgan fingerprint density at radius 1 is 1.14 bits per heavy atom. The minimum absolute atomic E-state index is 0.0705. The highest BCUT2D eigenvalue weighted by Gasteiger charge is 2.26. The highest BCUT2D eigenvalue weighted by Crippen LogP contribution is 2.32. The molecule has 1 aromatic heterocycles. The molecule has 4 rings (SSSR count). The van der Waals surface area contributed by atoms with E-state index in [1.165, 1.54) is 6.20 Å². The SMILES string of the molecule is COc1ccc2c(c1)CCN2C(=O)c1ccc(-n2ncc(C(=O)O)c2C)cc1. The third kappa shape index (κ3) is 2.90. The third-order valence-corrected chi connectivity index (χ3v) is 5.03. The number of anilines is 1. The van der Waals surface area contributed by atoms with Crippen LogP contribution < -0.4 is 9.64 Å². The van der Waals surface area contributed by atoms with E-state index in [1.54, 1.807) is 47.9 Å². The van der Waals surface area contributed by atoms with Crippen LogP contribution in [0.5, 0.6) is 5.75 Å². The molecular formula is C21H19N3O4. The number of benzene rings is 2. The van der Waals surface area contributed by atoms with Crippen LogP contribution in [-0.4, -0.2) is 40.4 Å². The van der Waals surface area contributed by atoms with E-state index in [4.69, 9.17) is 9.84 Å². The van der Waals surface area contributed by atoms with Crippen molar-refractivity contribution in [1.29, 1.82) is 0 Å². The number of aromatic carboxylic acids is 1. The Morgan fingerprint density at radius 2 is 1.89 bits per heavy atom. The summed E-state index contributed by atoms with van der Waals surface area (Å²) < 4.78 is 6.80. The number of ether oxygens (including phenoxy) is 1. The zero-order valence-electron chi connectivity index (χ0n) is 15.5. The van der Waals surface area contributed by atoms with Gasteiger partial charge in [-0.2, -0.15) is 5.10 Å². The topological polar surface area (TPSA) is 84.7 Å². The first-order valence-corrected chi connectivity index (χ1v) is 8.86. The molecule has 2 heterocycles. The highest BCUT2D eigenvalue weighted by molar-refractivity contribution is 6.07. The molecule has 0 unspecified atom stereocenters. The minimum Gasteiger partial charge on any atom is -0.497 e. The monoisotopic (exact) mass is 377 g/mol. The lowest BCUT2D eigenvalue weighted by Crippen LogP contribution is -2.28. The predicted molar refractivity (Wildman–Crippen MR) is 104 cm³/mol. The van der Waals surface area contributed by atoms with Crippen molar-refractivity contribution in [3.8, 4) is 11.4 Å². The molecule has 142 valence electrons. The molecule has 1 N–H and O–H groups in total. The van der Waals surface area contributed by atoms with Crippen LogP contribution in [0.3, 0.4) is 0 Å². The predicted octanol–water partition coefficient (Wildman–Crippen LogP) is 3.09. The summed E-state index contributed by atoms with van der Waals surface area (Å²) in [5.41, 5.74) is 3.96. The number of carboxylic acid groups (broad SMARTS) is 1. The van der Waals surface area contributed by atoms with Crippen LogP contribution in [0, 0.1) is 6.92 Å². The third-order valence-electron chi connectivity index (χ3n) is 5.03. The zero-order chi connectivity index (χ0) is 19.8. The number of fused-ring (bicyclic) bond motifs is 1. The lowest BCUT2D eigenvalue weighted by atomic mass is 10.1. The van der Waals surface area contributed by atoms with E-state index in [2.05, 4.69) is 5.10 Å². The van der Waals surface area contributed by atoms with Gasteiger partial charge >= 0.3 is 5.97 Å². The molecule has 0 aliphatic carbocycles. The number of rotatable bonds is 4. The first-order chi connectivity index (χ1) is 13.5. The van der Waals surface area contributed by atoms with Crippen LogP contribution in [0.4, 0.5) is 5.69 Å². The van der Waals surface area contributed by atoms with Crippen molar-refractivity contribution in [2.24, 2.45) is 0 Å². The Kier molecular flexibility index (Phi) is 4.35. The van der Waals surface area contributed by atoms with Crippen LogP contribution in [0.15, 0.2) is 48.7 Å². The number of amides is 1. The van der Waals surface area contributed by atoms with E-state index in [-0.39, 0.29) is 11.5 Å². The second-order valence-electron chi connectivity index (χ2n) is 6.61. The van der Waals surface area contributed by atoms with Gasteiger partial charge in [-0.3, -0.25) is 4.79 Å². The van der Waals surface area contributed by atoms with Crippen LogP contribution in [0.1, 0.15) is 32.0 Å². The van der Waals surface area contributed by atoms with Gasteiger partial charge in [0.25, 0.3) is 5.91 Å². The van der Waals surface area contributed by atoms with Crippen molar-refractivity contribution < 1.29 is 19.4 Å². The molecule has 0 atom stereocenters. The first-order valence-electron chi connectivity index (χ1n) is 8.86. The van der Waals surface area contributed by atoms with Gasteiger partial charge in [0, 0.05) is 17.8 Å². The Morgan fingerprint density at radius 3 is 2.54 bits per heavy atom. The Labute approximate surface area is 161 Å². The molecule has 7 heteroatoms. The van der Waals surface area contributed by atoms with Gasteiger partial charge in [-0.1, -0.05) is 0 Å². The number of carboxylic acids is 1. The fourth-order valence-electron chi connectivity index (χ4n) is 3.50. The largest absolute Gasteiger partial charge is 0.497 e. The number of carbonyl (C=O) groups is 2. The molecule has 0 fully saturated rings. The summed E-state index contributed by atoms with van der Waals surface area (Å²) >= 11 is 0. The summed E-state index contributed by atoms with van der Waals surface area (Å²) in [4.78, 5) is 25.9. The molecule has 0 saturated heterocycles. The van der Waals surface area contributed by atoms with Gasteiger partial charge in [0.2, 0.25) is 0 Å². The van der Waals surface area contributed by atoms with Crippen molar-refractivity contribution in [3.63, 3.8) is 0 Å². The van der Waals surface area contributed by atoms with Gasteiger partial charge in [0.1, 0.15) is 11.3 Å². The number of nitrogens with zero attached hydrogens (tertiary/aromatic N) is 3. The Hall–Kier alpha value is -3.61. The van der Waals surface area contributed by atoms with Gasteiger partial charge in [-0.15, -0.1) is 0 Å². The number of carbonyl (C=O) groups excluding carboxylic acids is 1. The van der Waals surface area contributed by atoms with E-state index >= 15 is 0 Å². The Bertz CT molecular complexity index is 1070. The molecule has 0 spiro atoms. The summed E-state index contributed by atoms with van der Waals surface area (Å²) in [5, 5.41) is 13.3. The quantitative estimate of drug-likeness (QED) is 0.755.